The molecule has 32 heavy (non-hydrogen) atoms. The molecule has 1 aliphatic carbocycles. The number of likely N-dealkylation sites (tertiary alicyclic amines) is 1. The Hall–Kier alpha value is -3.35. The summed E-state index contributed by atoms with van der Waals surface area (Å²) in [7, 11) is 0. The number of nitrogens with zero attached hydrogens (tertiary/aromatic N) is 1. The highest BCUT2D eigenvalue weighted by Gasteiger charge is 2.48. The molecule has 1 saturated heterocycles. The second-order valence-corrected chi connectivity index (χ2v) is 9.20. The molecule has 4 rings (SSSR count). The van der Waals surface area contributed by atoms with Crippen LogP contribution >= 0.6 is 0 Å². The number of fused-ring (bicyclic) bond motifs is 3. The normalized spacial score (nSPS) is 19.7. The topological polar surface area (TPSA) is 95.9 Å². The third-order valence-electron chi connectivity index (χ3n) is 6.61. The van der Waals surface area contributed by atoms with E-state index in [0.29, 0.717) is 13.0 Å². The van der Waals surface area contributed by atoms with E-state index in [1.54, 1.807) is 6.92 Å². The summed E-state index contributed by atoms with van der Waals surface area (Å²) in [5.74, 6) is -1.53. The number of ether oxygens (including phenoxy) is 1. The van der Waals surface area contributed by atoms with Crippen LogP contribution in [-0.2, 0) is 14.3 Å². The third kappa shape index (κ3) is 3.83. The molecule has 2 N–H and O–H groups in total. The number of carbonyl (C=O) groups is 3. The van der Waals surface area contributed by atoms with Crippen molar-refractivity contribution >= 4 is 18.0 Å². The van der Waals surface area contributed by atoms with E-state index in [1.807, 2.05) is 50.2 Å². The molecule has 2 aromatic rings. The zero-order valence-electron chi connectivity index (χ0n) is 18.5. The quantitative estimate of drug-likeness (QED) is 0.746. The molecule has 1 fully saturated rings. The third-order valence-corrected chi connectivity index (χ3v) is 6.61. The molecule has 0 spiro atoms. The van der Waals surface area contributed by atoms with E-state index in [2.05, 4.69) is 17.4 Å². The fraction of sp³-hybridized carbons (Fsp3) is 0.400. The zero-order valence-corrected chi connectivity index (χ0v) is 18.5. The van der Waals surface area contributed by atoms with Crippen molar-refractivity contribution in [1.29, 1.82) is 0 Å². The van der Waals surface area contributed by atoms with Crippen molar-refractivity contribution in [3.8, 4) is 11.1 Å². The van der Waals surface area contributed by atoms with Gasteiger partial charge in [0.05, 0.1) is 0 Å². The lowest BCUT2D eigenvalue weighted by atomic mass is 9.85. The number of amides is 2. The Morgan fingerprint density at radius 2 is 1.66 bits per heavy atom. The number of rotatable bonds is 5. The monoisotopic (exact) mass is 436 g/mol. The number of benzene rings is 2. The molecule has 2 amide bonds. The molecule has 1 unspecified atom stereocenters. The van der Waals surface area contributed by atoms with Crippen molar-refractivity contribution < 1.29 is 24.2 Å². The molecule has 1 aliphatic heterocycles. The van der Waals surface area contributed by atoms with Gasteiger partial charge in [-0.3, -0.25) is 4.79 Å². The lowest BCUT2D eigenvalue weighted by Crippen LogP contribution is -2.53. The van der Waals surface area contributed by atoms with Crippen LogP contribution < -0.4 is 5.32 Å². The maximum Gasteiger partial charge on any atom is 0.407 e. The predicted molar refractivity (Wildman–Crippen MR) is 119 cm³/mol. The molecule has 0 saturated carbocycles. The van der Waals surface area contributed by atoms with Gasteiger partial charge in [0.1, 0.15) is 18.7 Å². The minimum absolute atomic E-state index is 0.0741. The Bertz CT molecular complexity index is 1020. The summed E-state index contributed by atoms with van der Waals surface area (Å²) in [6.07, 6.45) is -0.106. The number of alkyl carbamates (subject to hydrolysis) is 1. The first-order chi connectivity index (χ1) is 15.2. The van der Waals surface area contributed by atoms with Crippen molar-refractivity contribution in [2.24, 2.45) is 5.41 Å². The van der Waals surface area contributed by atoms with E-state index in [0.717, 1.165) is 22.3 Å². The average Bonchev–Trinajstić information content (AvgIpc) is 3.25. The Labute approximate surface area is 187 Å². The number of carboxylic acids is 1. The van der Waals surface area contributed by atoms with Crippen LogP contribution in [0.5, 0.6) is 0 Å². The molecule has 1 heterocycles. The number of hydrogen-bond acceptors (Lipinski definition) is 4. The van der Waals surface area contributed by atoms with Gasteiger partial charge in [0, 0.05) is 12.5 Å². The van der Waals surface area contributed by atoms with E-state index in [9.17, 15) is 19.5 Å². The minimum Gasteiger partial charge on any atom is -0.480 e. The summed E-state index contributed by atoms with van der Waals surface area (Å²) in [4.78, 5) is 38.4. The van der Waals surface area contributed by atoms with Gasteiger partial charge in [0.25, 0.3) is 0 Å². The molecule has 2 aliphatic rings. The van der Waals surface area contributed by atoms with Gasteiger partial charge in [-0.2, -0.15) is 0 Å². The summed E-state index contributed by atoms with van der Waals surface area (Å²) in [6, 6.07) is 14.3. The van der Waals surface area contributed by atoms with Crippen LogP contribution in [0.3, 0.4) is 0 Å². The molecule has 168 valence electrons. The van der Waals surface area contributed by atoms with Crippen LogP contribution in [-0.4, -0.2) is 53.2 Å². The summed E-state index contributed by atoms with van der Waals surface area (Å²) in [5, 5.41) is 12.2. The Morgan fingerprint density at radius 1 is 1.09 bits per heavy atom. The lowest BCUT2D eigenvalue weighted by Gasteiger charge is -2.30. The molecule has 2 aromatic carbocycles. The van der Waals surface area contributed by atoms with Gasteiger partial charge in [0.2, 0.25) is 5.91 Å². The zero-order chi connectivity index (χ0) is 23.0. The second-order valence-electron chi connectivity index (χ2n) is 9.20. The number of carbonyl (C=O) groups excluding carboxylic acids is 2. The molecular formula is C25H28N2O5. The van der Waals surface area contributed by atoms with Gasteiger partial charge >= 0.3 is 12.1 Å². The standard InChI is InChI=1S/C25H28N2O5/c1-15(22(28)27-13-12-25(2,3)21(27)23(29)30)26-24(31)32-14-20-18-10-6-4-8-16(18)17-9-5-7-11-19(17)20/h4-11,15,20-21H,12-14H2,1-3H3,(H,26,31)(H,29,30)/t15-,21?/m0/s1. The summed E-state index contributed by atoms with van der Waals surface area (Å²) in [6.45, 7) is 5.72. The van der Waals surface area contributed by atoms with Gasteiger partial charge in [-0.05, 0) is 41.0 Å². The average molecular weight is 437 g/mol. The van der Waals surface area contributed by atoms with Crippen LogP contribution in [0.25, 0.3) is 11.1 Å². The van der Waals surface area contributed by atoms with E-state index in [-0.39, 0.29) is 12.5 Å². The second kappa shape index (κ2) is 8.30. The van der Waals surface area contributed by atoms with Crippen molar-refractivity contribution in [2.75, 3.05) is 13.2 Å². The molecular weight excluding hydrogens is 408 g/mol. The highest BCUT2D eigenvalue weighted by Crippen LogP contribution is 2.44. The van der Waals surface area contributed by atoms with Crippen molar-refractivity contribution in [3.05, 3.63) is 59.7 Å². The van der Waals surface area contributed by atoms with E-state index >= 15 is 0 Å². The molecule has 0 aromatic heterocycles. The van der Waals surface area contributed by atoms with E-state index in [1.165, 1.54) is 4.90 Å². The molecule has 0 bridgehead atoms. The Morgan fingerprint density at radius 3 is 2.22 bits per heavy atom. The summed E-state index contributed by atoms with van der Waals surface area (Å²) in [5.41, 5.74) is 3.96. The Balaban J connectivity index is 1.39. The lowest BCUT2D eigenvalue weighted by molar-refractivity contribution is -0.151. The minimum atomic E-state index is -1.03. The van der Waals surface area contributed by atoms with Crippen LogP contribution in [0.1, 0.15) is 44.2 Å². The van der Waals surface area contributed by atoms with Gasteiger partial charge in [-0.1, -0.05) is 62.4 Å². The predicted octanol–water partition coefficient (Wildman–Crippen LogP) is 3.63. The fourth-order valence-electron chi connectivity index (χ4n) is 4.93. The maximum atomic E-state index is 12.9. The number of aliphatic carboxylic acids is 1. The molecule has 7 nitrogen and oxygen atoms in total. The highest BCUT2D eigenvalue weighted by molar-refractivity contribution is 5.90. The molecule has 0 radical (unpaired) electrons. The summed E-state index contributed by atoms with van der Waals surface area (Å²) < 4.78 is 5.50. The SMILES string of the molecule is C[C@H](NC(=O)OCC1c2ccccc2-c2ccccc21)C(=O)N1CCC(C)(C)C1C(=O)O. The van der Waals surface area contributed by atoms with Gasteiger partial charge in [-0.15, -0.1) is 0 Å². The number of hydrogen-bond donors (Lipinski definition) is 2. The van der Waals surface area contributed by atoms with Gasteiger partial charge < -0.3 is 20.1 Å². The van der Waals surface area contributed by atoms with Crippen LogP contribution in [0.15, 0.2) is 48.5 Å². The fourth-order valence-corrected chi connectivity index (χ4v) is 4.93. The van der Waals surface area contributed by atoms with E-state index < -0.39 is 35.5 Å². The van der Waals surface area contributed by atoms with Crippen LogP contribution in [0, 0.1) is 5.41 Å². The summed E-state index contributed by atoms with van der Waals surface area (Å²) >= 11 is 0. The first kappa shape index (κ1) is 21.9. The first-order valence-electron chi connectivity index (χ1n) is 10.9. The molecule has 2 atom stereocenters. The maximum absolute atomic E-state index is 12.9. The van der Waals surface area contributed by atoms with Crippen molar-refractivity contribution in [3.63, 3.8) is 0 Å². The smallest absolute Gasteiger partial charge is 0.407 e. The Kier molecular flexibility index (Phi) is 5.67. The first-order valence-corrected chi connectivity index (χ1v) is 10.9. The van der Waals surface area contributed by atoms with Gasteiger partial charge in [0.15, 0.2) is 0 Å². The van der Waals surface area contributed by atoms with Crippen molar-refractivity contribution in [2.45, 2.75) is 45.2 Å². The van der Waals surface area contributed by atoms with Gasteiger partial charge in [-0.25, -0.2) is 9.59 Å². The largest absolute Gasteiger partial charge is 0.480 e. The number of carboxylic acid groups (broad SMARTS) is 1. The number of nitrogens with one attached hydrogen (secondary N) is 1. The van der Waals surface area contributed by atoms with E-state index in [4.69, 9.17) is 4.74 Å². The van der Waals surface area contributed by atoms with Crippen molar-refractivity contribution in [1.82, 2.24) is 10.2 Å². The van der Waals surface area contributed by atoms with Crippen LogP contribution in [0.2, 0.25) is 0 Å². The highest BCUT2D eigenvalue weighted by atomic mass is 16.5. The van der Waals surface area contributed by atoms with Crippen LogP contribution in [0.4, 0.5) is 4.79 Å². The molecule has 7 heteroatoms.